The van der Waals surface area contributed by atoms with Crippen LogP contribution >= 0.6 is 0 Å². The number of carbonyl (C=O) groups is 2. The molecule has 112 valence electrons. The van der Waals surface area contributed by atoms with E-state index in [-0.39, 0.29) is 11.8 Å². The van der Waals surface area contributed by atoms with Crippen molar-refractivity contribution in [3.8, 4) is 0 Å². The molecule has 0 atom stereocenters. The van der Waals surface area contributed by atoms with E-state index in [0.29, 0.717) is 0 Å². The Balaban J connectivity index is 0.000000396. The standard InChI is InChI=1S/C16H13NO.C2H5NO/c1-2-11-12-7-3-4-9-14(12)16(18)17-15-10-6-5-8-13(11)15;1-2(3)4/h2-10H,1H3,(H,17,18);1H3,(H2,3,4)/b11-2-;. The number of amides is 2. The lowest BCUT2D eigenvalue weighted by molar-refractivity contribution is -0.115. The number of primary amides is 1. The molecule has 2 amide bonds. The van der Waals surface area contributed by atoms with Crippen molar-refractivity contribution in [3.05, 3.63) is 71.3 Å². The number of fused-ring (bicyclic) bond motifs is 2. The van der Waals surface area contributed by atoms with Crippen molar-refractivity contribution in [1.82, 2.24) is 0 Å². The first-order valence-electron chi connectivity index (χ1n) is 6.97. The predicted molar refractivity (Wildman–Crippen MR) is 88.5 cm³/mol. The molecule has 4 heteroatoms. The average molecular weight is 294 g/mol. The van der Waals surface area contributed by atoms with Gasteiger partial charge < -0.3 is 11.1 Å². The van der Waals surface area contributed by atoms with E-state index in [4.69, 9.17) is 0 Å². The Morgan fingerprint density at radius 3 is 2.09 bits per heavy atom. The van der Waals surface area contributed by atoms with Crippen LogP contribution in [-0.2, 0) is 4.79 Å². The van der Waals surface area contributed by atoms with Crippen LogP contribution in [0.3, 0.4) is 0 Å². The summed E-state index contributed by atoms with van der Waals surface area (Å²) in [7, 11) is 0. The SMILES string of the molecule is C/C=C1\c2ccccc2NC(=O)c2ccccc21.CC(N)=O. The monoisotopic (exact) mass is 294 g/mol. The first-order valence-corrected chi connectivity index (χ1v) is 6.97. The molecule has 3 N–H and O–H groups in total. The van der Waals surface area contributed by atoms with Gasteiger partial charge in [0.2, 0.25) is 5.91 Å². The molecule has 0 saturated heterocycles. The molecule has 1 aliphatic rings. The van der Waals surface area contributed by atoms with E-state index >= 15 is 0 Å². The van der Waals surface area contributed by atoms with Crippen LogP contribution in [-0.4, -0.2) is 11.8 Å². The van der Waals surface area contributed by atoms with Crippen molar-refractivity contribution in [2.24, 2.45) is 5.73 Å². The number of nitrogens with one attached hydrogen (secondary N) is 1. The van der Waals surface area contributed by atoms with Gasteiger partial charge in [-0.1, -0.05) is 42.5 Å². The third kappa shape index (κ3) is 3.23. The molecule has 0 unspecified atom stereocenters. The summed E-state index contributed by atoms with van der Waals surface area (Å²) in [6.45, 7) is 3.30. The Morgan fingerprint density at radius 2 is 1.50 bits per heavy atom. The lowest BCUT2D eigenvalue weighted by Gasteiger charge is -2.09. The van der Waals surface area contributed by atoms with E-state index < -0.39 is 0 Å². The molecular weight excluding hydrogens is 276 g/mol. The lowest BCUT2D eigenvalue weighted by Crippen LogP contribution is -2.11. The summed E-state index contributed by atoms with van der Waals surface area (Å²) < 4.78 is 0. The van der Waals surface area contributed by atoms with Crippen molar-refractivity contribution >= 4 is 23.1 Å². The van der Waals surface area contributed by atoms with Crippen LogP contribution in [0.15, 0.2) is 54.6 Å². The van der Waals surface area contributed by atoms with Gasteiger partial charge in [-0.15, -0.1) is 0 Å². The summed E-state index contributed by atoms with van der Waals surface area (Å²) in [5.41, 5.74) is 9.22. The van der Waals surface area contributed by atoms with Gasteiger partial charge in [-0.05, 0) is 30.2 Å². The summed E-state index contributed by atoms with van der Waals surface area (Å²) in [6.07, 6.45) is 2.05. The van der Waals surface area contributed by atoms with Crippen LogP contribution in [0.25, 0.3) is 5.57 Å². The van der Waals surface area contributed by atoms with Crippen LogP contribution in [0.5, 0.6) is 0 Å². The normalized spacial score (nSPS) is 13.9. The molecule has 1 aliphatic heterocycles. The highest BCUT2D eigenvalue weighted by Crippen LogP contribution is 2.34. The average Bonchev–Trinajstić information content (AvgIpc) is 2.61. The van der Waals surface area contributed by atoms with E-state index in [2.05, 4.69) is 17.1 Å². The molecule has 0 aromatic heterocycles. The Labute approximate surface area is 129 Å². The maximum Gasteiger partial charge on any atom is 0.256 e. The molecule has 1 heterocycles. The number of anilines is 1. The molecule has 0 radical (unpaired) electrons. The van der Waals surface area contributed by atoms with Crippen molar-refractivity contribution < 1.29 is 9.59 Å². The van der Waals surface area contributed by atoms with Gasteiger partial charge in [0.25, 0.3) is 5.91 Å². The van der Waals surface area contributed by atoms with Gasteiger partial charge in [0, 0.05) is 23.7 Å². The Hall–Kier alpha value is -2.88. The molecule has 0 spiro atoms. The number of allylic oxidation sites excluding steroid dienone is 1. The predicted octanol–water partition coefficient (Wildman–Crippen LogP) is 3.20. The van der Waals surface area contributed by atoms with Crippen LogP contribution < -0.4 is 11.1 Å². The molecule has 3 rings (SSSR count). The summed E-state index contributed by atoms with van der Waals surface area (Å²) in [4.78, 5) is 21.4. The quantitative estimate of drug-likeness (QED) is 0.783. The zero-order valence-electron chi connectivity index (χ0n) is 12.6. The van der Waals surface area contributed by atoms with E-state index in [1.54, 1.807) is 0 Å². The first-order chi connectivity index (χ1) is 10.5. The minimum absolute atomic E-state index is 0.0464. The highest BCUT2D eigenvalue weighted by molar-refractivity contribution is 6.12. The van der Waals surface area contributed by atoms with Crippen molar-refractivity contribution in [2.75, 3.05) is 5.32 Å². The summed E-state index contributed by atoms with van der Waals surface area (Å²) >= 11 is 0. The van der Waals surface area contributed by atoms with E-state index in [1.165, 1.54) is 6.92 Å². The molecule has 0 fully saturated rings. The Bertz CT molecular complexity index is 744. The molecule has 0 saturated carbocycles. The molecule has 22 heavy (non-hydrogen) atoms. The Kier molecular flexibility index (Phi) is 4.73. The van der Waals surface area contributed by atoms with Gasteiger partial charge in [0.15, 0.2) is 0 Å². The minimum atomic E-state index is -0.333. The number of rotatable bonds is 0. The maximum atomic E-state index is 12.2. The second-order valence-corrected chi connectivity index (χ2v) is 4.86. The number of hydrogen-bond donors (Lipinski definition) is 2. The third-order valence-corrected chi connectivity index (χ3v) is 3.22. The fourth-order valence-electron chi connectivity index (χ4n) is 2.39. The molecule has 4 nitrogen and oxygen atoms in total. The van der Waals surface area contributed by atoms with Gasteiger partial charge in [-0.25, -0.2) is 0 Å². The van der Waals surface area contributed by atoms with Gasteiger partial charge >= 0.3 is 0 Å². The third-order valence-electron chi connectivity index (χ3n) is 3.22. The van der Waals surface area contributed by atoms with Crippen molar-refractivity contribution in [1.29, 1.82) is 0 Å². The second kappa shape index (κ2) is 6.72. The van der Waals surface area contributed by atoms with Crippen LogP contribution in [0.4, 0.5) is 5.69 Å². The molecule has 0 bridgehead atoms. The van der Waals surface area contributed by atoms with Gasteiger partial charge in [-0.3, -0.25) is 9.59 Å². The van der Waals surface area contributed by atoms with Crippen LogP contribution in [0, 0.1) is 0 Å². The zero-order valence-corrected chi connectivity index (χ0v) is 12.6. The topological polar surface area (TPSA) is 72.2 Å². The summed E-state index contributed by atoms with van der Waals surface area (Å²) in [6, 6.07) is 15.6. The first kappa shape index (κ1) is 15.5. The second-order valence-electron chi connectivity index (χ2n) is 4.86. The Morgan fingerprint density at radius 1 is 1.00 bits per heavy atom. The molecule has 2 aromatic carbocycles. The largest absolute Gasteiger partial charge is 0.370 e. The van der Waals surface area contributed by atoms with Gasteiger partial charge in [-0.2, -0.15) is 0 Å². The smallest absolute Gasteiger partial charge is 0.256 e. The highest BCUT2D eigenvalue weighted by atomic mass is 16.2. The van der Waals surface area contributed by atoms with Crippen LogP contribution in [0.2, 0.25) is 0 Å². The number of carbonyl (C=O) groups excluding carboxylic acids is 2. The molecule has 2 aromatic rings. The number of para-hydroxylation sites is 1. The van der Waals surface area contributed by atoms with Crippen LogP contribution in [0.1, 0.15) is 35.3 Å². The molecular formula is C18H18N2O2. The fourth-order valence-corrected chi connectivity index (χ4v) is 2.39. The van der Waals surface area contributed by atoms with Crippen molar-refractivity contribution in [3.63, 3.8) is 0 Å². The van der Waals surface area contributed by atoms with E-state index in [1.807, 2.05) is 55.5 Å². The maximum absolute atomic E-state index is 12.2. The van der Waals surface area contributed by atoms with Gasteiger partial charge in [0.05, 0.1) is 0 Å². The number of hydrogen-bond acceptors (Lipinski definition) is 2. The van der Waals surface area contributed by atoms with E-state index in [9.17, 15) is 9.59 Å². The van der Waals surface area contributed by atoms with Crippen molar-refractivity contribution in [2.45, 2.75) is 13.8 Å². The summed E-state index contributed by atoms with van der Waals surface area (Å²) in [5, 5.41) is 2.96. The zero-order chi connectivity index (χ0) is 16.1. The van der Waals surface area contributed by atoms with Gasteiger partial charge in [0.1, 0.15) is 0 Å². The van der Waals surface area contributed by atoms with E-state index in [0.717, 1.165) is 28.0 Å². The minimum Gasteiger partial charge on any atom is -0.370 e. The highest BCUT2D eigenvalue weighted by Gasteiger charge is 2.21. The summed E-state index contributed by atoms with van der Waals surface area (Å²) in [5.74, 6) is -0.380. The fraction of sp³-hybridized carbons (Fsp3) is 0.111. The lowest BCUT2D eigenvalue weighted by atomic mass is 9.94. The molecule has 0 aliphatic carbocycles. The number of nitrogens with two attached hydrogens (primary N) is 1. The number of benzene rings is 2.